The number of carbonyl (C=O) groups excluding carboxylic acids is 1. The molecule has 1 unspecified atom stereocenters. The van der Waals surface area contributed by atoms with Crippen LogP contribution in [-0.2, 0) is 0 Å². The van der Waals surface area contributed by atoms with Gasteiger partial charge in [-0.2, -0.15) is 0 Å². The summed E-state index contributed by atoms with van der Waals surface area (Å²) in [4.78, 5) is 12.3. The van der Waals surface area contributed by atoms with Crippen LogP contribution in [0.5, 0.6) is 5.75 Å². The zero-order valence-corrected chi connectivity index (χ0v) is 12.8. The van der Waals surface area contributed by atoms with E-state index in [0.29, 0.717) is 11.3 Å². The van der Waals surface area contributed by atoms with E-state index >= 15 is 0 Å². The van der Waals surface area contributed by atoms with Gasteiger partial charge in [-0.15, -0.1) is 0 Å². The largest absolute Gasteiger partial charge is 0.497 e. The van der Waals surface area contributed by atoms with Gasteiger partial charge in [0.15, 0.2) is 0 Å². The maximum absolute atomic E-state index is 12.3. The molecule has 0 spiro atoms. The lowest BCUT2D eigenvalue weighted by molar-refractivity contribution is 0.0924. The Balaban J connectivity index is 2.19. The number of benzene rings is 1. The molecule has 1 aromatic heterocycles. The number of rotatable bonds is 5. The number of carbonyl (C=O) groups is 1. The van der Waals surface area contributed by atoms with Gasteiger partial charge in [-0.25, -0.2) is 0 Å². The molecule has 2 aromatic rings. The van der Waals surface area contributed by atoms with Crippen LogP contribution in [0.25, 0.3) is 0 Å². The minimum Gasteiger partial charge on any atom is -0.497 e. The molecule has 1 atom stereocenters. The molecule has 0 saturated heterocycles. The fourth-order valence-electron chi connectivity index (χ4n) is 2.29. The third-order valence-corrected chi connectivity index (χ3v) is 3.53. The molecular formula is C17H21NO3. The fourth-order valence-corrected chi connectivity index (χ4v) is 2.29. The molecule has 0 saturated carbocycles. The van der Waals surface area contributed by atoms with E-state index in [-0.39, 0.29) is 17.9 Å². The number of nitrogens with one attached hydrogen (secondary N) is 1. The van der Waals surface area contributed by atoms with E-state index in [4.69, 9.17) is 9.15 Å². The van der Waals surface area contributed by atoms with Crippen LogP contribution >= 0.6 is 0 Å². The van der Waals surface area contributed by atoms with Crippen molar-refractivity contribution in [3.63, 3.8) is 0 Å². The van der Waals surface area contributed by atoms with Gasteiger partial charge in [-0.3, -0.25) is 4.79 Å². The Hall–Kier alpha value is -2.23. The summed E-state index contributed by atoms with van der Waals surface area (Å²) >= 11 is 0. The molecule has 1 amide bonds. The Bertz CT molecular complexity index is 599. The van der Waals surface area contributed by atoms with Gasteiger partial charge in [0.1, 0.15) is 11.5 Å². The first-order valence-electron chi connectivity index (χ1n) is 7.02. The SMILES string of the molecule is COc1ccc(C(NC(=O)c2ccoc2C)C(C)C)cc1. The number of ether oxygens (including phenoxy) is 1. The molecule has 0 bridgehead atoms. The van der Waals surface area contributed by atoms with Crippen molar-refractivity contribution in [1.82, 2.24) is 5.32 Å². The van der Waals surface area contributed by atoms with Crippen molar-refractivity contribution in [2.24, 2.45) is 5.92 Å². The Morgan fingerprint density at radius 1 is 1.19 bits per heavy atom. The summed E-state index contributed by atoms with van der Waals surface area (Å²) in [5.41, 5.74) is 1.63. The Kier molecular flexibility index (Phi) is 4.68. The van der Waals surface area contributed by atoms with Crippen LogP contribution < -0.4 is 10.1 Å². The maximum atomic E-state index is 12.3. The molecule has 0 aliphatic heterocycles. The molecule has 21 heavy (non-hydrogen) atoms. The van der Waals surface area contributed by atoms with Crippen molar-refractivity contribution < 1.29 is 13.9 Å². The predicted molar refractivity (Wildman–Crippen MR) is 81.5 cm³/mol. The summed E-state index contributed by atoms with van der Waals surface area (Å²) in [5.74, 6) is 1.59. The van der Waals surface area contributed by atoms with Crippen LogP contribution in [0.2, 0.25) is 0 Å². The first-order chi connectivity index (χ1) is 10.0. The van der Waals surface area contributed by atoms with E-state index in [2.05, 4.69) is 19.2 Å². The third-order valence-electron chi connectivity index (χ3n) is 3.53. The molecule has 4 heteroatoms. The van der Waals surface area contributed by atoms with Crippen LogP contribution in [0.4, 0.5) is 0 Å². The van der Waals surface area contributed by atoms with Gasteiger partial charge in [-0.1, -0.05) is 26.0 Å². The molecule has 112 valence electrons. The number of hydrogen-bond donors (Lipinski definition) is 1. The lowest BCUT2D eigenvalue weighted by Gasteiger charge is -2.23. The van der Waals surface area contributed by atoms with E-state index in [9.17, 15) is 4.79 Å². The minimum absolute atomic E-state index is 0.0577. The Morgan fingerprint density at radius 2 is 1.86 bits per heavy atom. The highest BCUT2D eigenvalue weighted by molar-refractivity contribution is 5.95. The summed E-state index contributed by atoms with van der Waals surface area (Å²) in [7, 11) is 1.64. The molecule has 1 aromatic carbocycles. The number of furan rings is 1. The number of amides is 1. The topological polar surface area (TPSA) is 51.5 Å². The smallest absolute Gasteiger partial charge is 0.255 e. The predicted octanol–water partition coefficient (Wildman–Crippen LogP) is 3.72. The fraction of sp³-hybridized carbons (Fsp3) is 0.353. The number of aryl methyl sites for hydroxylation is 1. The monoisotopic (exact) mass is 287 g/mol. The van der Waals surface area contributed by atoms with Crippen LogP contribution in [0, 0.1) is 12.8 Å². The average Bonchev–Trinajstić information content (AvgIpc) is 2.90. The number of hydrogen-bond acceptors (Lipinski definition) is 3. The van der Waals surface area contributed by atoms with E-state index in [1.165, 1.54) is 6.26 Å². The number of methoxy groups -OCH3 is 1. The summed E-state index contributed by atoms with van der Waals surface area (Å²) in [6, 6.07) is 9.39. The first-order valence-corrected chi connectivity index (χ1v) is 7.02. The average molecular weight is 287 g/mol. The van der Waals surface area contributed by atoms with Gasteiger partial charge in [0.05, 0.1) is 25.0 Å². The zero-order valence-electron chi connectivity index (χ0n) is 12.8. The summed E-state index contributed by atoms with van der Waals surface area (Å²) in [6.07, 6.45) is 1.53. The molecular weight excluding hydrogens is 266 g/mol. The molecule has 0 radical (unpaired) electrons. The first kappa shape index (κ1) is 15.2. The van der Waals surface area contributed by atoms with Gasteiger partial charge in [0.25, 0.3) is 5.91 Å². The van der Waals surface area contributed by atoms with Crippen molar-refractivity contribution in [2.75, 3.05) is 7.11 Å². The Morgan fingerprint density at radius 3 is 2.33 bits per heavy atom. The molecule has 0 aliphatic carbocycles. The van der Waals surface area contributed by atoms with E-state index < -0.39 is 0 Å². The second-order valence-electron chi connectivity index (χ2n) is 5.36. The lowest BCUT2D eigenvalue weighted by atomic mass is 9.95. The highest BCUT2D eigenvalue weighted by Gasteiger charge is 2.21. The highest BCUT2D eigenvalue weighted by Crippen LogP contribution is 2.24. The molecule has 0 fully saturated rings. The summed E-state index contributed by atoms with van der Waals surface area (Å²) in [6.45, 7) is 5.95. The van der Waals surface area contributed by atoms with Crippen LogP contribution in [0.1, 0.15) is 41.6 Å². The molecule has 1 N–H and O–H groups in total. The highest BCUT2D eigenvalue weighted by atomic mass is 16.5. The summed E-state index contributed by atoms with van der Waals surface area (Å²) < 4.78 is 10.4. The van der Waals surface area contributed by atoms with Crippen molar-refractivity contribution >= 4 is 5.91 Å². The second kappa shape index (κ2) is 6.48. The van der Waals surface area contributed by atoms with Crippen molar-refractivity contribution in [2.45, 2.75) is 26.8 Å². The second-order valence-corrected chi connectivity index (χ2v) is 5.36. The van der Waals surface area contributed by atoms with Crippen molar-refractivity contribution in [3.05, 3.63) is 53.5 Å². The van der Waals surface area contributed by atoms with Crippen LogP contribution in [0.15, 0.2) is 41.0 Å². The quantitative estimate of drug-likeness (QED) is 0.911. The molecule has 4 nitrogen and oxygen atoms in total. The normalized spacial score (nSPS) is 12.2. The molecule has 0 aliphatic rings. The van der Waals surface area contributed by atoms with Crippen LogP contribution in [0.3, 0.4) is 0 Å². The van der Waals surface area contributed by atoms with Gasteiger partial charge < -0.3 is 14.5 Å². The van der Waals surface area contributed by atoms with Gasteiger partial charge in [0.2, 0.25) is 0 Å². The zero-order chi connectivity index (χ0) is 15.4. The van der Waals surface area contributed by atoms with Crippen LogP contribution in [-0.4, -0.2) is 13.0 Å². The lowest BCUT2D eigenvalue weighted by Crippen LogP contribution is -2.31. The standard InChI is InChI=1S/C17H21NO3/c1-11(2)16(13-5-7-14(20-4)8-6-13)18-17(19)15-9-10-21-12(15)3/h5-11,16H,1-4H3,(H,18,19). The third kappa shape index (κ3) is 3.45. The minimum atomic E-state index is -0.115. The van der Waals surface area contributed by atoms with E-state index in [0.717, 1.165) is 11.3 Å². The van der Waals surface area contributed by atoms with Gasteiger partial charge in [0, 0.05) is 0 Å². The van der Waals surface area contributed by atoms with E-state index in [1.807, 2.05) is 24.3 Å². The molecule has 1 heterocycles. The summed E-state index contributed by atoms with van der Waals surface area (Å²) in [5, 5.41) is 3.07. The Labute approximate surface area is 125 Å². The molecule has 2 rings (SSSR count). The van der Waals surface area contributed by atoms with E-state index in [1.54, 1.807) is 20.1 Å². The maximum Gasteiger partial charge on any atom is 0.255 e. The van der Waals surface area contributed by atoms with Gasteiger partial charge >= 0.3 is 0 Å². The van der Waals surface area contributed by atoms with Crippen molar-refractivity contribution in [3.8, 4) is 5.75 Å². The van der Waals surface area contributed by atoms with Crippen molar-refractivity contribution in [1.29, 1.82) is 0 Å². The van der Waals surface area contributed by atoms with Gasteiger partial charge in [-0.05, 0) is 36.6 Å².